The van der Waals surface area contributed by atoms with Crippen molar-refractivity contribution in [3.8, 4) is 17.2 Å². The van der Waals surface area contributed by atoms with Crippen LogP contribution in [0.2, 0.25) is 0 Å². The van der Waals surface area contributed by atoms with Gasteiger partial charge in [0.2, 0.25) is 0 Å². The first-order valence-corrected chi connectivity index (χ1v) is 8.43. The van der Waals surface area contributed by atoms with E-state index in [2.05, 4.69) is 21.2 Å². The molecule has 0 aromatic heterocycles. The Morgan fingerprint density at radius 1 is 1.08 bits per heavy atom. The summed E-state index contributed by atoms with van der Waals surface area (Å²) in [7, 11) is 1.54. The number of nitrogens with one attached hydrogen (secondary N) is 1. The van der Waals surface area contributed by atoms with Crippen molar-refractivity contribution in [2.45, 2.75) is 13.8 Å². The van der Waals surface area contributed by atoms with Crippen molar-refractivity contribution in [2.75, 3.05) is 25.6 Å². The largest absolute Gasteiger partial charge is 0.493 e. The van der Waals surface area contributed by atoms with Gasteiger partial charge in [0, 0.05) is 5.56 Å². The Morgan fingerprint density at radius 2 is 1.79 bits per heavy atom. The second kappa shape index (κ2) is 8.59. The molecular weight excluding hydrogens is 374 g/mol. The van der Waals surface area contributed by atoms with Gasteiger partial charge < -0.3 is 19.5 Å². The standard InChI is InChI=1S/C18H20BrNO4/c1-4-23-15-9-7-6-8-14(15)20-18(21)12-10-13(19)17(24-5-2)16(11-12)22-3/h6-11H,4-5H2,1-3H3,(H,20,21). The Balaban J connectivity index is 2.29. The number of amides is 1. The van der Waals surface area contributed by atoms with Crippen LogP contribution in [0, 0.1) is 0 Å². The number of rotatable bonds is 7. The van der Waals surface area contributed by atoms with E-state index in [4.69, 9.17) is 14.2 Å². The van der Waals surface area contributed by atoms with E-state index in [0.717, 1.165) is 0 Å². The Labute approximate surface area is 150 Å². The lowest BCUT2D eigenvalue weighted by molar-refractivity contribution is 0.102. The molecule has 0 radical (unpaired) electrons. The first-order chi connectivity index (χ1) is 11.6. The van der Waals surface area contributed by atoms with Crippen molar-refractivity contribution in [1.29, 1.82) is 0 Å². The zero-order valence-corrected chi connectivity index (χ0v) is 15.5. The van der Waals surface area contributed by atoms with Crippen LogP contribution in [0.3, 0.4) is 0 Å². The molecule has 0 saturated heterocycles. The number of hydrogen-bond donors (Lipinski definition) is 1. The van der Waals surface area contributed by atoms with E-state index < -0.39 is 0 Å². The molecule has 24 heavy (non-hydrogen) atoms. The van der Waals surface area contributed by atoms with Gasteiger partial charge in [0.15, 0.2) is 11.5 Å². The molecule has 2 rings (SSSR count). The summed E-state index contributed by atoms with van der Waals surface area (Å²) < 4.78 is 17.0. The summed E-state index contributed by atoms with van der Waals surface area (Å²) >= 11 is 3.42. The van der Waals surface area contributed by atoms with E-state index in [1.807, 2.05) is 32.0 Å². The predicted molar refractivity (Wildman–Crippen MR) is 97.4 cm³/mol. The molecule has 0 saturated carbocycles. The number of anilines is 1. The molecule has 0 spiro atoms. The number of ether oxygens (including phenoxy) is 3. The Morgan fingerprint density at radius 3 is 2.46 bits per heavy atom. The van der Waals surface area contributed by atoms with Crippen LogP contribution in [0.15, 0.2) is 40.9 Å². The van der Waals surface area contributed by atoms with Gasteiger partial charge in [-0.05, 0) is 54.0 Å². The average Bonchev–Trinajstić information content (AvgIpc) is 2.58. The van der Waals surface area contributed by atoms with Gasteiger partial charge in [0.05, 0.1) is 30.5 Å². The summed E-state index contributed by atoms with van der Waals surface area (Å²) in [5.41, 5.74) is 1.07. The molecule has 1 amide bonds. The first kappa shape index (κ1) is 18.1. The third-order valence-corrected chi connectivity index (χ3v) is 3.80. The molecule has 1 N–H and O–H groups in total. The monoisotopic (exact) mass is 393 g/mol. The van der Waals surface area contributed by atoms with E-state index in [1.165, 1.54) is 7.11 Å². The molecule has 128 valence electrons. The topological polar surface area (TPSA) is 56.8 Å². The molecule has 2 aromatic rings. The molecule has 2 aromatic carbocycles. The maximum Gasteiger partial charge on any atom is 0.255 e. The van der Waals surface area contributed by atoms with Crippen molar-refractivity contribution >= 4 is 27.5 Å². The minimum absolute atomic E-state index is 0.260. The lowest BCUT2D eigenvalue weighted by Crippen LogP contribution is -2.13. The zero-order valence-electron chi connectivity index (χ0n) is 13.9. The Kier molecular flexibility index (Phi) is 6.49. The van der Waals surface area contributed by atoms with E-state index in [9.17, 15) is 4.79 Å². The highest BCUT2D eigenvalue weighted by Gasteiger charge is 2.16. The number of benzene rings is 2. The summed E-state index contributed by atoms with van der Waals surface area (Å²) in [6.45, 7) is 4.81. The van der Waals surface area contributed by atoms with Crippen molar-refractivity contribution in [3.05, 3.63) is 46.4 Å². The third kappa shape index (κ3) is 4.20. The molecule has 0 atom stereocenters. The molecule has 0 aliphatic rings. The molecule has 0 aliphatic heterocycles. The van der Waals surface area contributed by atoms with Gasteiger partial charge in [-0.15, -0.1) is 0 Å². The predicted octanol–water partition coefficient (Wildman–Crippen LogP) is 4.51. The fourth-order valence-corrected chi connectivity index (χ4v) is 2.74. The van der Waals surface area contributed by atoms with Gasteiger partial charge in [0.25, 0.3) is 5.91 Å². The number of hydrogen-bond acceptors (Lipinski definition) is 4. The number of halogens is 1. The number of methoxy groups -OCH3 is 1. The SMILES string of the molecule is CCOc1ccccc1NC(=O)c1cc(Br)c(OCC)c(OC)c1. The first-order valence-electron chi connectivity index (χ1n) is 7.64. The van der Waals surface area contributed by atoms with Crippen molar-refractivity contribution in [3.63, 3.8) is 0 Å². The third-order valence-electron chi connectivity index (χ3n) is 3.22. The van der Waals surface area contributed by atoms with Crippen LogP contribution in [0.4, 0.5) is 5.69 Å². The van der Waals surface area contributed by atoms with E-state index in [-0.39, 0.29) is 5.91 Å². The van der Waals surface area contributed by atoms with Crippen LogP contribution in [-0.4, -0.2) is 26.2 Å². The van der Waals surface area contributed by atoms with Gasteiger partial charge >= 0.3 is 0 Å². The highest BCUT2D eigenvalue weighted by atomic mass is 79.9. The summed E-state index contributed by atoms with van der Waals surface area (Å²) in [4.78, 5) is 12.6. The average molecular weight is 394 g/mol. The lowest BCUT2D eigenvalue weighted by atomic mass is 10.1. The molecule has 0 fully saturated rings. The van der Waals surface area contributed by atoms with E-state index in [1.54, 1.807) is 18.2 Å². The summed E-state index contributed by atoms with van der Waals surface area (Å²) in [6, 6.07) is 10.7. The molecule has 0 heterocycles. The fraction of sp³-hybridized carbons (Fsp3) is 0.278. The highest BCUT2D eigenvalue weighted by Crippen LogP contribution is 2.37. The fourth-order valence-electron chi connectivity index (χ4n) is 2.18. The molecule has 5 nitrogen and oxygen atoms in total. The summed E-state index contributed by atoms with van der Waals surface area (Å²) in [5.74, 6) is 1.44. The lowest BCUT2D eigenvalue weighted by Gasteiger charge is -2.14. The minimum Gasteiger partial charge on any atom is -0.493 e. The van der Waals surface area contributed by atoms with Crippen LogP contribution in [0.5, 0.6) is 17.2 Å². The second-order valence-electron chi connectivity index (χ2n) is 4.81. The number of carbonyl (C=O) groups is 1. The smallest absolute Gasteiger partial charge is 0.255 e. The molecular formula is C18H20BrNO4. The number of para-hydroxylation sites is 2. The molecule has 6 heteroatoms. The summed E-state index contributed by atoms with van der Waals surface area (Å²) in [6.07, 6.45) is 0. The maximum absolute atomic E-state index is 12.6. The van der Waals surface area contributed by atoms with Crippen LogP contribution in [0.25, 0.3) is 0 Å². The summed E-state index contributed by atoms with van der Waals surface area (Å²) in [5, 5.41) is 2.86. The molecule has 0 unspecified atom stereocenters. The number of carbonyl (C=O) groups excluding carboxylic acids is 1. The normalized spacial score (nSPS) is 10.2. The van der Waals surface area contributed by atoms with Gasteiger partial charge in [-0.25, -0.2) is 0 Å². The van der Waals surface area contributed by atoms with E-state index in [0.29, 0.717) is 46.2 Å². The molecule has 0 aliphatic carbocycles. The van der Waals surface area contributed by atoms with Gasteiger partial charge in [0.1, 0.15) is 5.75 Å². The van der Waals surface area contributed by atoms with Crippen molar-refractivity contribution < 1.29 is 19.0 Å². The van der Waals surface area contributed by atoms with Crippen LogP contribution < -0.4 is 19.5 Å². The second-order valence-corrected chi connectivity index (χ2v) is 5.66. The van der Waals surface area contributed by atoms with Gasteiger partial charge in [-0.1, -0.05) is 12.1 Å². The zero-order chi connectivity index (χ0) is 17.5. The van der Waals surface area contributed by atoms with Crippen molar-refractivity contribution in [2.24, 2.45) is 0 Å². The van der Waals surface area contributed by atoms with Gasteiger partial charge in [-0.3, -0.25) is 4.79 Å². The van der Waals surface area contributed by atoms with E-state index >= 15 is 0 Å². The highest BCUT2D eigenvalue weighted by molar-refractivity contribution is 9.10. The van der Waals surface area contributed by atoms with Gasteiger partial charge in [-0.2, -0.15) is 0 Å². The maximum atomic E-state index is 12.6. The van der Waals surface area contributed by atoms with Crippen LogP contribution >= 0.6 is 15.9 Å². The quantitative estimate of drug-likeness (QED) is 0.751. The van der Waals surface area contributed by atoms with Crippen LogP contribution in [-0.2, 0) is 0 Å². The Hall–Kier alpha value is -2.21. The minimum atomic E-state index is -0.260. The Bertz CT molecular complexity index is 718. The van der Waals surface area contributed by atoms with Crippen molar-refractivity contribution in [1.82, 2.24) is 0 Å². The van der Waals surface area contributed by atoms with Crippen LogP contribution in [0.1, 0.15) is 24.2 Å². The molecule has 0 bridgehead atoms.